The molecule has 0 radical (unpaired) electrons. The van der Waals surface area contributed by atoms with E-state index >= 15 is 0 Å². The minimum Gasteiger partial charge on any atom is -0.387 e. The Labute approximate surface area is 129 Å². The Morgan fingerprint density at radius 3 is 2.90 bits per heavy atom. The summed E-state index contributed by atoms with van der Waals surface area (Å²) < 4.78 is 5.60. The number of ether oxygens (including phenoxy) is 1. The highest BCUT2D eigenvalue weighted by molar-refractivity contribution is 6.33. The lowest BCUT2D eigenvalue weighted by Gasteiger charge is -2.57. The third-order valence-electron chi connectivity index (χ3n) is 4.45. The largest absolute Gasteiger partial charge is 0.387 e. The summed E-state index contributed by atoms with van der Waals surface area (Å²) >= 11 is 5.93. The maximum atomic E-state index is 12.1. The Bertz CT molecular complexity index is 535. The van der Waals surface area contributed by atoms with Crippen molar-refractivity contribution in [2.45, 2.75) is 38.9 Å². The quantitative estimate of drug-likeness (QED) is 0.872. The zero-order chi connectivity index (χ0) is 15.7. The second-order valence-electron chi connectivity index (χ2n) is 5.94. The van der Waals surface area contributed by atoms with Crippen molar-refractivity contribution in [1.82, 2.24) is 10.3 Å². The second kappa shape index (κ2) is 5.91. The van der Waals surface area contributed by atoms with Crippen molar-refractivity contribution in [3.05, 3.63) is 29.0 Å². The van der Waals surface area contributed by atoms with E-state index in [2.05, 4.69) is 10.3 Å². The Kier molecular flexibility index (Phi) is 4.56. The first-order valence-corrected chi connectivity index (χ1v) is 7.41. The summed E-state index contributed by atoms with van der Waals surface area (Å²) in [5, 5.41) is 13.7. The van der Waals surface area contributed by atoms with Gasteiger partial charge < -0.3 is 15.2 Å². The minimum atomic E-state index is -0.970. The van der Waals surface area contributed by atoms with Crippen LogP contribution >= 0.6 is 11.6 Å². The second-order valence-corrected chi connectivity index (χ2v) is 6.35. The molecule has 21 heavy (non-hydrogen) atoms. The van der Waals surface area contributed by atoms with Crippen molar-refractivity contribution >= 4 is 17.5 Å². The van der Waals surface area contributed by atoms with Crippen LogP contribution in [0.1, 0.15) is 37.6 Å². The Hall–Kier alpha value is -1.17. The standard InChI is InChI=1S/C15H21ClN2O3/c1-4-21-12-7-15(20,14(12,2)3)9-18-13(19)10-5-6-17-8-11(10)16/h5-6,8,12,20H,4,7,9H2,1-3H3,(H,18,19). The lowest BCUT2D eigenvalue weighted by Crippen LogP contribution is -2.68. The topological polar surface area (TPSA) is 71.5 Å². The van der Waals surface area contributed by atoms with Gasteiger partial charge >= 0.3 is 0 Å². The van der Waals surface area contributed by atoms with Gasteiger partial charge in [0.2, 0.25) is 0 Å². The average Bonchev–Trinajstić information content (AvgIpc) is 2.45. The Morgan fingerprint density at radius 2 is 2.33 bits per heavy atom. The van der Waals surface area contributed by atoms with Crippen LogP contribution in [0.25, 0.3) is 0 Å². The molecule has 5 nitrogen and oxygen atoms in total. The molecule has 0 aromatic carbocycles. The number of amides is 1. The number of carbonyl (C=O) groups is 1. The molecule has 116 valence electrons. The molecule has 0 bridgehead atoms. The molecule has 1 amide bonds. The third-order valence-corrected chi connectivity index (χ3v) is 4.75. The zero-order valence-electron chi connectivity index (χ0n) is 12.5. The smallest absolute Gasteiger partial charge is 0.253 e. The van der Waals surface area contributed by atoms with Gasteiger partial charge in [-0.3, -0.25) is 9.78 Å². The van der Waals surface area contributed by atoms with Crippen molar-refractivity contribution in [2.24, 2.45) is 5.41 Å². The third kappa shape index (κ3) is 2.91. The fraction of sp³-hybridized carbons (Fsp3) is 0.600. The number of aromatic nitrogens is 1. The number of rotatable bonds is 5. The van der Waals surface area contributed by atoms with Crippen LogP contribution in [0.4, 0.5) is 0 Å². The van der Waals surface area contributed by atoms with E-state index in [9.17, 15) is 9.90 Å². The first-order valence-electron chi connectivity index (χ1n) is 7.03. The van der Waals surface area contributed by atoms with Gasteiger partial charge in [0.05, 0.1) is 22.3 Å². The molecular weight excluding hydrogens is 292 g/mol. The van der Waals surface area contributed by atoms with Crippen LogP contribution in [0, 0.1) is 5.41 Å². The van der Waals surface area contributed by atoms with Crippen LogP contribution in [0.2, 0.25) is 5.02 Å². The number of halogens is 1. The molecule has 0 aliphatic heterocycles. The molecule has 1 heterocycles. The van der Waals surface area contributed by atoms with Gasteiger partial charge in [0.25, 0.3) is 5.91 Å². The molecule has 2 rings (SSSR count). The van der Waals surface area contributed by atoms with E-state index in [-0.39, 0.29) is 18.6 Å². The zero-order valence-corrected chi connectivity index (χ0v) is 13.3. The molecule has 1 aliphatic carbocycles. The van der Waals surface area contributed by atoms with Gasteiger partial charge in [-0.1, -0.05) is 25.4 Å². The minimum absolute atomic E-state index is 0.00825. The summed E-state index contributed by atoms with van der Waals surface area (Å²) in [7, 11) is 0. The van der Waals surface area contributed by atoms with E-state index in [0.29, 0.717) is 23.6 Å². The molecule has 0 saturated heterocycles. The number of aliphatic hydroxyl groups is 1. The Morgan fingerprint density at radius 1 is 1.62 bits per heavy atom. The van der Waals surface area contributed by atoms with Crippen LogP contribution < -0.4 is 5.32 Å². The number of hydrogen-bond donors (Lipinski definition) is 2. The summed E-state index contributed by atoms with van der Waals surface area (Å²) in [6.45, 7) is 6.61. The number of hydrogen-bond acceptors (Lipinski definition) is 4. The van der Waals surface area contributed by atoms with Crippen LogP contribution in [0.3, 0.4) is 0 Å². The number of carbonyl (C=O) groups excluding carboxylic acids is 1. The molecule has 2 N–H and O–H groups in total. The van der Waals surface area contributed by atoms with Crippen LogP contribution in [0.15, 0.2) is 18.5 Å². The molecular formula is C15H21ClN2O3. The lowest BCUT2D eigenvalue weighted by atomic mass is 9.56. The summed E-state index contributed by atoms with van der Waals surface area (Å²) in [6, 6.07) is 1.55. The molecule has 1 aliphatic rings. The van der Waals surface area contributed by atoms with Gasteiger partial charge in [0.1, 0.15) is 0 Å². The normalized spacial score (nSPS) is 27.0. The fourth-order valence-corrected chi connectivity index (χ4v) is 2.85. The van der Waals surface area contributed by atoms with Gasteiger partial charge in [-0.15, -0.1) is 0 Å². The summed E-state index contributed by atoms with van der Waals surface area (Å²) in [5.74, 6) is -0.313. The summed E-state index contributed by atoms with van der Waals surface area (Å²) in [4.78, 5) is 15.9. The van der Waals surface area contributed by atoms with Crippen molar-refractivity contribution in [2.75, 3.05) is 13.2 Å². The maximum Gasteiger partial charge on any atom is 0.253 e. The van der Waals surface area contributed by atoms with Gasteiger partial charge in [0.15, 0.2) is 0 Å². The number of nitrogens with one attached hydrogen (secondary N) is 1. The average molecular weight is 313 g/mol. The molecule has 0 spiro atoms. The van der Waals surface area contributed by atoms with Crippen LogP contribution in [0.5, 0.6) is 0 Å². The first kappa shape index (κ1) is 16.2. The molecule has 1 aromatic rings. The number of pyridine rings is 1. The molecule has 2 atom stereocenters. The van der Waals surface area contributed by atoms with Gasteiger partial charge in [0, 0.05) is 37.4 Å². The van der Waals surface area contributed by atoms with Crippen molar-refractivity contribution in [3.8, 4) is 0 Å². The van der Waals surface area contributed by atoms with E-state index < -0.39 is 11.0 Å². The predicted molar refractivity (Wildman–Crippen MR) is 80.3 cm³/mol. The fourth-order valence-electron chi connectivity index (χ4n) is 2.64. The molecule has 2 unspecified atom stereocenters. The van der Waals surface area contributed by atoms with E-state index in [1.165, 1.54) is 12.4 Å². The van der Waals surface area contributed by atoms with E-state index in [4.69, 9.17) is 16.3 Å². The van der Waals surface area contributed by atoms with E-state index in [0.717, 1.165) is 0 Å². The van der Waals surface area contributed by atoms with Crippen LogP contribution in [-0.2, 0) is 4.74 Å². The monoisotopic (exact) mass is 312 g/mol. The van der Waals surface area contributed by atoms with E-state index in [1.807, 2.05) is 20.8 Å². The van der Waals surface area contributed by atoms with Crippen molar-refractivity contribution < 1.29 is 14.6 Å². The highest BCUT2D eigenvalue weighted by atomic mass is 35.5. The molecule has 1 saturated carbocycles. The predicted octanol–water partition coefficient (Wildman–Crippen LogP) is 2.03. The Balaban J connectivity index is 1.98. The van der Waals surface area contributed by atoms with E-state index in [1.54, 1.807) is 6.07 Å². The molecule has 6 heteroatoms. The van der Waals surface area contributed by atoms with Gasteiger partial charge in [-0.05, 0) is 13.0 Å². The van der Waals surface area contributed by atoms with Gasteiger partial charge in [-0.25, -0.2) is 0 Å². The highest BCUT2D eigenvalue weighted by Gasteiger charge is 2.59. The highest BCUT2D eigenvalue weighted by Crippen LogP contribution is 2.50. The number of nitrogens with zero attached hydrogens (tertiary/aromatic N) is 1. The maximum absolute atomic E-state index is 12.1. The molecule has 1 fully saturated rings. The summed E-state index contributed by atoms with van der Waals surface area (Å²) in [6.07, 6.45) is 3.45. The van der Waals surface area contributed by atoms with Crippen LogP contribution in [-0.4, -0.2) is 40.9 Å². The summed E-state index contributed by atoms with van der Waals surface area (Å²) in [5.41, 5.74) is -1.02. The lowest BCUT2D eigenvalue weighted by molar-refractivity contribution is -0.237. The van der Waals surface area contributed by atoms with Gasteiger partial charge in [-0.2, -0.15) is 0 Å². The SMILES string of the molecule is CCOC1CC(O)(CNC(=O)c2ccncc2Cl)C1(C)C. The van der Waals surface area contributed by atoms with Crippen molar-refractivity contribution in [1.29, 1.82) is 0 Å². The first-order chi connectivity index (χ1) is 9.82. The van der Waals surface area contributed by atoms with Crippen molar-refractivity contribution in [3.63, 3.8) is 0 Å². The molecule has 1 aromatic heterocycles.